The van der Waals surface area contributed by atoms with Crippen molar-refractivity contribution in [3.05, 3.63) is 45.9 Å². The van der Waals surface area contributed by atoms with E-state index in [9.17, 15) is 9.59 Å². The summed E-state index contributed by atoms with van der Waals surface area (Å²) in [5.74, 6) is 0.0105. The van der Waals surface area contributed by atoms with Gasteiger partial charge in [0.15, 0.2) is 0 Å². The molecule has 0 spiro atoms. The van der Waals surface area contributed by atoms with Gasteiger partial charge in [0, 0.05) is 30.0 Å². The van der Waals surface area contributed by atoms with Crippen molar-refractivity contribution in [2.75, 3.05) is 11.4 Å². The molecule has 26 heavy (non-hydrogen) atoms. The predicted octanol–water partition coefficient (Wildman–Crippen LogP) is 3.50. The van der Waals surface area contributed by atoms with Crippen LogP contribution in [0.4, 0.5) is 5.69 Å². The van der Waals surface area contributed by atoms with Gasteiger partial charge in [-0.1, -0.05) is 32.9 Å². The Hall–Kier alpha value is -2.21. The van der Waals surface area contributed by atoms with Gasteiger partial charge in [-0.25, -0.2) is 4.98 Å². The summed E-state index contributed by atoms with van der Waals surface area (Å²) in [6, 6.07) is 7.98. The Bertz CT molecular complexity index is 783. The maximum atomic E-state index is 12.5. The van der Waals surface area contributed by atoms with Crippen LogP contribution in [0.3, 0.4) is 0 Å². The smallest absolute Gasteiger partial charge is 0.227 e. The van der Waals surface area contributed by atoms with E-state index in [2.05, 4.69) is 31.1 Å². The van der Waals surface area contributed by atoms with Gasteiger partial charge in [0.1, 0.15) is 0 Å². The molecule has 1 unspecified atom stereocenters. The van der Waals surface area contributed by atoms with Gasteiger partial charge in [0.2, 0.25) is 11.8 Å². The molecular weight excluding hydrogens is 346 g/mol. The van der Waals surface area contributed by atoms with Crippen LogP contribution in [-0.2, 0) is 22.6 Å². The number of aromatic nitrogens is 1. The number of thiazole rings is 1. The third kappa shape index (κ3) is 4.12. The van der Waals surface area contributed by atoms with Crippen LogP contribution in [0, 0.1) is 5.92 Å². The molecule has 1 aliphatic heterocycles. The lowest BCUT2D eigenvalue weighted by molar-refractivity contribution is -0.126. The molecule has 1 aromatic heterocycles. The number of nitrogens with one attached hydrogen (secondary N) is 1. The highest BCUT2D eigenvalue weighted by Gasteiger charge is 2.35. The summed E-state index contributed by atoms with van der Waals surface area (Å²) < 4.78 is 0. The molecule has 2 amide bonds. The van der Waals surface area contributed by atoms with E-state index in [4.69, 9.17) is 0 Å². The number of rotatable bonds is 6. The van der Waals surface area contributed by atoms with Crippen molar-refractivity contribution < 1.29 is 9.59 Å². The van der Waals surface area contributed by atoms with E-state index in [1.54, 1.807) is 16.2 Å². The van der Waals surface area contributed by atoms with Gasteiger partial charge >= 0.3 is 0 Å². The van der Waals surface area contributed by atoms with E-state index in [1.807, 2.05) is 29.6 Å². The van der Waals surface area contributed by atoms with Gasteiger partial charge in [-0.3, -0.25) is 9.59 Å². The summed E-state index contributed by atoms with van der Waals surface area (Å²) in [4.78, 5) is 31.0. The van der Waals surface area contributed by atoms with Crippen LogP contribution >= 0.6 is 11.3 Å². The van der Waals surface area contributed by atoms with Gasteiger partial charge < -0.3 is 10.2 Å². The van der Waals surface area contributed by atoms with Gasteiger partial charge in [-0.15, -0.1) is 11.3 Å². The number of amides is 2. The van der Waals surface area contributed by atoms with Crippen LogP contribution in [0.15, 0.2) is 29.6 Å². The average molecular weight is 372 g/mol. The van der Waals surface area contributed by atoms with E-state index in [0.29, 0.717) is 19.0 Å². The number of hydrogen-bond acceptors (Lipinski definition) is 4. The maximum absolute atomic E-state index is 12.5. The van der Waals surface area contributed by atoms with Gasteiger partial charge in [0.05, 0.1) is 23.2 Å². The van der Waals surface area contributed by atoms with Crippen molar-refractivity contribution >= 4 is 28.8 Å². The monoisotopic (exact) mass is 371 g/mol. The van der Waals surface area contributed by atoms with Crippen LogP contribution < -0.4 is 10.2 Å². The van der Waals surface area contributed by atoms with Crippen molar-refractivity contribution in [2.24, 2.45) is 5.92 Å². The largest absolute Gasteiger partial charge is 0.350 e. The molecule has 1 aromatic carbocycles. The Morgan fingerprint density at radius 2 is 2.08 bits per heavy atom. The third-order valence-corrected chi connectivity index (χ3v) is 5.85. The average Bonchev–Trinajstić information content (AvgIpc) is 3.27. The predicted molar refractivity (Wildman–Crippen MR) is 104 cm³/mol. The van der Waals surface area contributed by atoms with Gasteiger partial charge in [0.25, 0.3) is 0 Å². The molecule has 3 rings (SSSR count). The number of carbonyl (C=O) groups is 2. The fourth-order valence-electron chi connectivity index (χ4n) is 3.04. The Balaban J connectivity index is 1.57. The topological polar surface area (TPSA) is 62.3 Å². The lowest BCUT2D eigenvalue weighted by atomic mass is 10.1. The van der Waals surface area contributed by atoms with Crippen molar-refractivity contribution in [2.45, 2.75) is 46.1 Å². The zero-order chi connectivity index (χ0) is 18.7. The number of anilines is 1. The number of benzene rings is 1. The summed E-state index contributed by atoms with van der Waals surface area (Å²) in [6.45, 7) is 7.16. The first-order chi connectivity index (χ1) is 12.5. The fraction of sp³-hybridized carbons (Fsp3) is 0.450. The minimum absolute atomic E-state index is 0.00477. The summed E-state index contributed by atoms with van der Waals surface area (Å²) in [7, 11) is 0. The van der Waals surface area contributed by atoms with Gasteiger partial charge in [-0.2, -0.15) is 0 Å². The van der Waals surface area contributed by atoms with Crippen LogP contribution in [0.5, 0.6) is 0 Å². The second kappa shape index (κ2) is 7.99. The lowest BCUT2D eigenvalue weighted by Gasteiger charge is -2.17. The van der Waals surface area contributed by atoms with Crippen molar-refractivity contribution in [3.8, 4) is 0 Å². The molecule has 1 saturated heterocycles. The SMILES string of the molecule is CCc1ccc(N2CC(C(=O)NCc3csc(C(C)C)n3)CC2=O)cc1. The first kappa shape index (κ1) is 18.6. The number of hydrogen-bond donors (Lipinski definition) is 1. The van der Waals surface area contributed by atoms with Crippen LogP contribution in [0.1, 0.15) is 49.4 Å². The van der Waals surface area contributed by atoms with Crippen molar-refractivity contribution in [3.63, 3.8) is 0 Å². The molecule has 0 bridgehead atoms. The molecule has 0 aliphatic carbocycles. The highest BCUT2D eigenvalue weighted by atomic mass is 32.1. The molecule has 1 atom stereocenters. The molecule has 5 nitrogen and oxygen atoms in total. The second-order valence-corrected chi connectivity index (χ2v) is 7.86. The summed E-state index contributed by atoms with van der Waals surface area (Å²) in [5, 5.41) is 5.99. The van der Waals surface area contributed by atoms with E-state index < -0.39 is 0 Å². The van der Waals surface area contributed by atoms with Crippen LogP contribution in [0.25, 0.3) is 0 Å². The Labute approximate surface area is 158 Å². The van der Waals surface area contributed by atoms with Crippen LogP contribution in [-0.4, -0.2) is 23.3 Å². The zero-order valence-corrected chi connectivity index (χ0v) is 16.3. The molecular formula is C20H25N3O2S. The Morgan fingerprint density at radius 1 is 1.35 bits per heavy atom. The van der Waals surface area contributed by atoms with Crippen LogP contribution in [0.2, 0.25) is 0 Å². The van der Waals surface area contributed by atoms with Crippen molar-refractivity contribution in [1.29, 1.82) is 0 Å². The lowest BCUT2D eigenvalue weighted by Crippen LogP contribution is -2.32. The van der Waals surface area contributed by atoms with E-state index in [0.717, 1.165) is 22.8 Å². The van der Waals surface area contributed by atoms with E-state index >= 15 is 0 Å². The normalized spacial score (nSPS) is 17.2. The summed E-state index contributed by atoms with van der Waals surface area (Å²) >= 11 is 1.62. The minimum atomic E-state index is -0.309. The first-order valence-electron chi connectivity index (χ1n) is 9.09. The molecule has 138 valence electrons. The zero-order valence-electron chi connectivity index (χ0n) is 15.5. The molecule has 0 radical (unpaired) electrons. The molecule has 1 aliphatic rings. The maximum Gasteiger partial charge on any atom is 0.227 e. The summed E-state index contributed by atoms with van der Waals surface area (Å²) in [5.41, 5.74) is 2.98. The number of aryl methyl sites for hydroxylation is 1. The Kier molecular flexibility index (Phi) is 5.71. The second-order valence-electron chi connectivity index (χ2n) is 6.97. The third-order valence-electron chi connectivity index (χ3n) is 4.66. The molecule has 2 aromatic rings. The number of carbonyl (C=O) groups excluding carboxylic acids is 2. The van der Waals surface area contributed by atoms with Crippen molar-refractivity contribution in [1.82, 2.24) is 10.3 Å². The molecule has 1 N–H and O–H groups in total. The van der Waals surface area contributed by atoms with Gasteiger partial charge in [-0.05, 0) is 24.1 Å². The highest BCUT2D eigenvalue weighted by molar-refractivity contribution is 7.09. The first-order valence-corrected chi connectivity index (χ1v) is 9.97. The minimum Gasteiger partial charge on any atom is -0.350 e. The molecule has 0 saturated carbocycles. The molecule has 1 fully saturated rings. The quantitative estimate of drug-likeness (QED) is 0.845. The standard InChI is InChI=1S/C20H25N3O2S/c1-4-14-5-7-17(8-6-14)23-11-15(9-18(23)24)19(25)21-10-16-12-26-20(22-16)13(2)3/h5-8,12-13,15H,4,9-11H2,1-3H3,(H,21,25). The highest BCUT2D eigenvalue weighted by Crippen LogP contribution is 2.26. The molecule has 2 heterocycles. The summed E-state index contributed by atoms with van der Waals surface area (Å²) in [6.07, 6.45) is 1.23. The van der Waals surface area contributed by atoms with E-state index in [-0.39, 0.29) is 24.2 Å². The van der Waals surface area contributed by atoms with E-state index in [1.165, 1.54) is 5.56 Å². The Morgan fingerprint density at radius 3 is 2.69 bits per heavy atom. The number of nitrogens with zero attached hydrogens (tertiary/aromatic N) is 2. The fourth-order valence-corrected chi connectivity index (χ4v) is 3.87. The molecule has 6 heteroatoms.